The minimum absolute atomic E-state index is 0.180. The van der Waals surface area contributed by atoms with Crippen LogP contribution in [0.15, 0.2) is 29.4 Å². The number of nitrogens with zero attached hydrogens (tertiary/aromatic N) is 3. The van der Waals surface area contributed by atoms with E-state index in [1.165, 1.54) is 23.1 Å². The molecule has 0 fully saturated rings. The number of nitrogens with one attached hydrogen (secondary N) is 2. The minimum Gasteiger partial charge on any atom is -0.497 e. The molecule has 1 atom stereocenters. The number of aromatic nitrogens is 3. The molecule has 2 amide bonds. The normalized spacial score (nSPS) is 13.1. The summed E-state index contributed by atoms with van der Waals surface area (Å²) in [6.07, 6.45) is 2.73. The van der Waals surface area contributed by atoms with Crippen LogP contribution in [0.5, 0.6) is 5.75 Å². The maximum Gasteiger partial charge on any atom is 0.341 e. The zero-order valence-electron chi connectivity index (χ0n) is 21.1. The Morgan fingerprint density at radius 3 is 2.65 bits per heavy atom. The maximum atomic E-state index is 13.0. The number of amides is 2. The molecule has 2 N–H and O–H groups in total. The van der Waals surface area contributed by atoms with Gasteiger partial charge >= 0.3 is 5.97 Å². The van der Waals surface area contributed by atoms with E-state index in [1.807, 2.05) is 0 Å². The van der Waals surface area contributed by atoms with E-state index in [0.717, 1.165) is 29.7 Å². The van der Waals surface area contributed by atoms with E-state index in [1.54, 1.807) is 56.8 Å². The summed E-state index contributed by atoms with van der Waals surface area (Å²) in [5.41, 5.74) is 1.98. The van der Waals surface area contributed by atoms with Crippen LogP contribution in [0.3, 0.4) is 0 Å². The number of thioether (sulfide) groups is 1. The second-order valence-electron chi connectivity index (χ2n) is 8.40. The molecule has 4 rings (SSSR count). The van der Waals surface area contributed by atoms with Crippen molar-refractivity contribution in [2.24, 2.45) is 7.05 Å². The summed E-state index contributed by atoms with van der Waals surface area (Å²) in [6, 6.07) is 6.81. The van der Waals surface area contributed by atoms with Crippen molar-refractivity contribution in [1.82, 2.24) is 20.1 Å². The molecule has 0 spiro atoms. The third-order valence-electron chi connectivity index (χ3n) is 5.97. The van der Waals surface area contributed by atoms with E-state index < -0.39 is 11.2 Å². The van der Waals surface area contributed by atoms with Crippen LogP contribution >= 0.6 is 23.1 Å². The van der Waals surface area contributed by atoms with Crippen molar-refractivity contribution in [1.29, 1.82) is 0 Å². The van der Waals surface area contributed by atoms with Crippen molar-refractivity contribution < 1.29 is 23.9 Å². The van der Waals surface area contributed by atoms with Crippen molar-refractivity contribution in [3.8, 4) is 5.75 Å². The fourth-order valence-electron chi connectivity index (χ4n) is 3.94. The summed E-state index contributed by atoms with van der Waals surface area (Å²) >= 11 is 2.70. The van der Waals surface area contributed by atoms with Gasteiger partial charge in [0.05, 0.1) is 31.1 Å². The number of fused-ring (bicyclic) bond motifs is 1. The highest BCUT2D eigenvalue weighted by Gasteiger charge is 2.29. The van der Waals surface area contributed by atoms with E-state index in [4.69, 9.17) is 9.47 Å². The number of hydrogen-bond donors (Lipinski definition) is 2. The molecule has 196 valence electrons. The molecule has 0 bridgehead atoms. The Morgan fingerprint density at radius 1 is 1.19 bits per heavy atom. The molecule has 2 aromatic heterocycles. The SMILES string of the molecule is CCOC(=O)c1c(NC(=O)C(C)Sc2nnc(CNC(=O)c3ccc(OC)cc3)n2C)sc2c1CCC2. The number of carbonyl (C=O) groups is 3. The van der Waals surface area contributed by atoms with Gasteiger partial charge < -0.3 is 24.7 Å². The van der Waals surface area contributed by atoms with Crippen LogP contribution in [-0.2, 0) is 36.0 Å². The average Bonchev–Trinajstić information content (AvgIpc) is 3.57. The summed E-state index contributed by atoms with van der Waals surface area (Å²) in [6.45, 7) is 3.99. The molecule has 2 heterocycles. The number of hydrogen-bond acceptors (Lipinski definition) is 9. The fraction of sp³-hybridized carbons (Fsp3) is 0.400. The minimum atomic E-state index is -0.503. The molecule has 37 heavy (non-hydrogen) atoms. The predicted molar refractivity (Wildman–Crippen MR) is 141 cm³/mol. The summed E-state index contributed by atoms with van der Waals surface area (Å²) in [4.78, 5) is 39.2. The van der Waals surface area contributed by atoms with E-state index in [9.17, 15) is 14.4 Å². The molecule has 0 saturated heterocycles. The van der Waals surface area contributed by atoms with Gasteiger partial charge in [-0.25, -0.2) is 4.79 Å². The topological polar surface area (TPSA) is 124 Å². The van der Waals surface area contributed by atoms with E-state index >= 15 is 0 Å². The number of thiophene rings is 1. The first-order valence-corrected chi connectivity index (χ1v) is 13.6. The zero-order valence-corrected chi connectivity index (χ0v) is 22.8. The number of esters is 1. The standard InChI is InChI=1S/C25H29N5O5S2/c1-5-35-24(33)20-17-7-6-8-18(17)37-23(20)27-21(31)14(2)36-25-29-28-19(30(25)3)13-26-22(32)15-9-11-16(34-4)12-10-15/h9-12,14H,5-8,13H2,1-4H3,(H,26,32)(H,27,31). The number of ether oxygens (including phenoxy) is 2. The molecule has 1 aliphatic carbocycles. The lowest BCUT2D eigenvalue weighted by Crippen LogP contribution is -2.25. The smallest absolute Gasteiger partial charge is 0.341 e. The van der Waals surface area contributed by atoms with Gasteiger partial charge in [-0.3, -0.25) is 9.59 Å². The van der Waals surface area contributed by atoms with Gasteiger partial charge in [-0.15, -0.1) is 21.5 Å². The van der Waals surface area contributed by atoms with Gasteiger partial charge in [0.1, 0.15) is 10.8 Å². The zero-order chi connectivity index (χ0) is 26.5. The monoisotopic (exact) mass is 543 g/mol. The Labute approximate surface area is 223 Å². The van der Waals surface area contributed by atoms with Gasteiger partial charge in [0, 0.05) is 17.5 Å². The molecular formula is C25H29N5O5S2. The maximum absolute atomic E-state index is 13.0. The first-order chi connectivity index (χ1) is 17.8. The Kier molecular flexibility index (Phi) is 8.49. The van der Waals surface area contributed by atoms with Crippen LogP contribution in [0.4, 0.5) is 5.00 Å². The second kappa shape index (κ2) is 11.8. The number of carbonyl (C=O) groups excluding carboxylic acids is 3. The number of anilines is 1. The van der Waals surface area contributed by atoms with Crippen LogP contribution in [0.1, 0.15) is 57.2 Å². The van der Waals surface area contributed by atoms with E-state index in [2.05, 4.69) is 20.8 Å². The number of methoxy groups -OCH3 is 1. The molecule has 1 aromatic carbocycles. The van der Waals surface area contributed by atoms with Gasteiger partial charge in [0.15, 0.2) is 11.0 Å². The third kappa shape index (κ3) is 5.96. The average molecular weight is 544 g/mol. The Bertz CT molecular complexity index is 1300. The molecule has 12 heteroatoms. The Balaban J connectivity index is 1.37. The van der Waals surface area contributed by atoms with Crippen LogP contribution < -0.4 is 15.4 Å². The van der Waals surface area contributed by atoms with Gasteiger partial charge in [0.25, 0.3) is 5.91 Å². The van der Waals surface area contributed by atoms with Gasteiger partial charge in [0.2, 0.25) is 5.91 Å². The molecule has 10 nitrogen and oxygen atoms in total. The lowest BCUT2D eigenvalue weighted by Gasteiger charge is -2.12. The largest absolute Gasteiger partial charge is 0.497 e. The molecule has 1 unspecified atom stereocenters. The van der Waals surface area contributed by atoms with Crippen molar-refractivity contribution >= 4 is 45.9 Å². The van der Waals surface area contributed by atoms with Gasteiger partial charge in [-0.1, -0.05) is 11.8 Å². The number of aryl methyl sites for hydroxylation is 1. The fourth-order valence-corrected chi connectivity index (χ4v) is 6.06. The lowest BCUT2D eigenvalue weighted by atomic mass is 10.1. The third-order valence-corrected chi connectivity index (χ3v) is 8.31. The van der Waals surface area contributed by atoms with Crippen LogP contribution in [0, 0.1) is 0 Å². The highest BCUT2D eigenvalue weighted by atomic mass is 32.2. The summed E-state index contributed by atoms with van der Waals surface area (Å²) in [5, 5.41) is 14.7. The predicted octanol–water partition coefficient (Wildman–Crippen LogP) is 3.60. The van der Waals surface area contributed by atoms with Crippen LogP contribution in [0.2, 0.25) is 0 Å². The summed E-state index contributed by atoms with van der Waals surface area (Å²) in [7, 11) is 3.35. The number of rotatable bonds is 10. The van der Waals surface area contributed by atoms with Crippen LogP contribution in [-0.4, -0.2) is 51.5 Å². The highest BCUT2D eigenvalue weighted by molar-refractivity contribution is 8.00. The van der Waals surface area contributed by atoms with Gasteiger partial charge in [-0.05, 0) is 62.9 Å². The Hall–Kier alpha value is -3.38. The van der Waals surface area contributed by atoms with Gasteiger partial charge in [-0.2, -0.15) is 0 Å². The van der Waals surface area contributed by atoms with Crippen LogP contribution in [0.25, 0.3) is 0 Å². The molecule has 0 saturated carbocycles. The van der Waals surface area contributed by atoms with Crippen molar-refractivity contribution in [2.45, 2.75) is 50.1 Å². The van der Waals surface area contributed by atoms with Crippen molar-refractivity contribution in [3.63, 3.8) is 0 Å². The summed E-state index contributed by atoms with van der Waals surface area (Å²) in [5.74, 6) is 0.342. The number of benzene rings is 1. The highest BCUT2D eigenvalue weighted by Crippen LogP contribution is 2.40. The molecule has 1 aliphatic rings. The Morgan fingerprint density at radius 2 is 1.95 bits per heavy atom. The lowest BCUT2D eigenvalue weighted by molar-refractivity contribution is -0.115. The molecule has 0 aliphatic heterocycles. The molecular weight excluding hydrogens is 514 g/mol. The summed E-state index contributed by atoms with van der Waals surface area (Å²) < 4.78 is 12.1. The van der Waals surface area contributed by atoms with Crippen molar-refractivity contribution in [3.05, 3.63) is 51.7 Å². The molecule has 3 aromatic rings. The molecule has 0 radical (unpaired) electrons. The van der Waals surface area contributed by atoms with E-state index in [-0.39, 0.29) is 25.0 Å². The van der Waals surface area contributed by atoms with E-state index in [0.29, 0.717) is 32.9 Å². The van der Waals surface area contributed by atoms with Crippen molar-refractivity contribution in [2.75, 3.05) is 19.0 Å². The quantitative estimate of drug-likeness (QED) is 0.294. The first kappa shape index (κ1) is 26.7. The second-order valence-corrected chi connectivity index (χ2v) is 10.8. The first-order valence-electron chi connectivity index (χ1n) is 11.9.